The molecular weight excluding hydrogens is 252 g/mol. The van der Waals surface area contributed by atoms with Crippen LogP contribution >= 0.6 is 27.5 Å². The van der Waals surface area contributed by atoms with Gasteiger partial charge in [-0.15, -0.1) is 0 Å². The van der Waals surface area contributed by atoms with Crippen molar-refractivity contribution in [3.63, 3.8) is 0 Å². The summed E-state index contributed by atoms with van der Waals surface area (Å²) < 4.78 is 12.8. The van der Waals surface area contributed by atoms with E-state index in [4.69, 9.17) is 16.7 Å². The zero-order chi connectivity index (χ0) is 9.30. The Morgan fingerprint density at radius 1 is 1.75 bits per heavy atom. The first-order valence-electron chi connectivity index (χ1n) is 2.77. The fraction of sp³-hybridized carbons (Fsp3) is 0. The number of aromatic nitrogens is 1. The van der Waals surface area contributed by atoms with Crippen LogP contribution in [0.15, 0.2) is 10.8 Å². The van der Waals surface area contributed by atoms with Gasteiger partial charge >= 0.3 is 5.97 Å². The van der Waals surface area contributed by atoms with Crippen molar-refractivity contribution in [3.8, 4) is 0 Å². The average molecular weight is 254 g/mol. The van der Waals surface area contributed by atoms with E-state index >= 15 is 0 Å². The highest BCUT2D eigenvalue weighted by atomic mass is 79.9. The number of halogens is 3. The Labute approximate surface area is 80.3 Å². The van der Waals surface area contributed by atoms with Gasteiger partial charge in [-0.2, -0.15) is 0 Å². The normalized spacial score (nSPS) is 9.92. The van der Waals surface area contributed by atoms with E-state index in [1.165, 1.54) is 0 Å². The number of hydrogen-bond donors (Lipinski definition) is 1. The fourth-order valence-electron chi connectivity index (χ4n) is 0.639. The number of carboxylic acid groups (broad SMARTS) is 1. The van der Waals surface area contributed by atoms with Gasteiger partial charge in [0.15, 0.2) is 5.82 Å². The number of hydrogen-bond acceptors (Lipinski definition) is 2. The molecule has 12 heavy (non-hydrogen) atoms. The maximum absolute atomic E-state index is 12.9. The smallest absolute Gasteiger partial charge is 0.340 e. The van der Waals surface area contributed by atoms with E-state index in [1.807, 2.05) is 0 Å². The molecule has 0 saturated heterocycles. The second kappa shape index (κ2) is 3.37. The summed E-state index contributed by atoms with van der Waals surface area (Å²) in [5.74, 6) is -2.38. The molecule has 0 aliphatic carbocycles. The monoisotopic (exact) mass is 253 g/mol. The molecule has 6 heteroatoms. The first-order chi connectivity index (χ1) is 5.54. The van der Waals surface area contributed by atoms with Crippen LogP contribution in [0.4, 0.5) is 4.39 Å². The lowest BCUT2D eigenvalue weighted by Crippen LogP contribution is -2.03. The van der Waals surface area contributed by atoms with E-state index in [2.05, 4.69) is 20.9 Å². The SMILES string of the molecule is O=C(O)c1c(Cl)cnc(Br)c1F. The molecule has 0 unspecified atom stereocenters. The van der Waals surface area contributed by atoms with E-state index in [9.17, 15) is 9.18 Å². The molecule has 0 fully saturated rings. The molecular formula is C6H2BrClFNO2. The van der Waals surface area contributed by atoms with E-state index in [-0.39, 0.29) is 9.63 Å². The molecule has 0 radical (unpaired) electrons. The van der Waals surface area contributed by atoms with Crippen LogP contribution in [0.1, 0.15) is 10.4 Å². The van der Waals surface area contributed by atoms with Gasteiger partial charge in [-0.25, -0.2) is 14.2 Å². The minimum absolute atomic E-state index is 0.163. The third-order valence-corrected chi connectivity index (χ3v) is 1.98. The second-order valence-corrected chi connectivity index (χ2v) is 3.05. The Bertz CT molecular complexity index is 345. The Morgan fingerprint density at radius 2 is 2.33 bits per heavy atom. The maximum Gasteiger partial charge on any atom is 0.340 e. The Balaban J connectivity index is 3.43. The molecule has 64 valence electrons. The van der Waals surface area contributed by atoms with Crippen molar-refractivity contribution in [2.75, 3.05) is 0 Å². The minimum atomic E-state index is -1.42. The number of carbonyl (C=O) groups is 1. The maximum atomic E-state index is 12.9. The average Bonchev–Trinajstić information content (AvgIpc) is 1.97. The summed E-state index contributed by atoms with van der Waals surface area (Å²) in [6.45, 7) is 0. The molecule has 3 nitrogen and oxygen atoms in total. The van der Waals surface area contributed by atoms with Crippen molar-refractivity contribution < 1.29 is 14.3 Å². The number of nitrogens with zero attached hydrogens (tertiary/aromatic N) is 1. The van der Waals surface area contributed by atoms with Crippen LogP contribution in [0.5, 0.6) is 0 Å². The summed E-state index contributed by atoms with van der Waals surface area (Å²) in [7, 11) is 0. The molecule has 0 bridgehead atoms. The zero-order valence-corrected chi connectivity index (χ0v) is 7.86. The largest absolute Gasteiger partial charge is 0.478 e. The molecule has 0 aromatic carbocycles. The van der Waals surface area contributed by atoms with Crippen LogP contribution in [-0.2, 0) is 0 Å². The topological polar surface area (TPSA) is 50.2 Å². The van der Waals surface area contributed by atoms with E-state index in [0.29, 0.717) is 0 Å². The molecule has 0 amide bonds. The van der Waals surface area contributed by atoms with Crippen molar-refractivity contribution in [2.24, 2.45) is 0 Å². The summed E-state index contributed by atoms with van der Waals surface area (Å²) in [6, 6.07) is 0. The van der Waals surface area contributed by atoms with Gasteiger partial charge < -0.3 is 5.11 Å². The molecule has 0 aliphatic heterocycles. The summed E-state index contributed by atoms with van der Waals surface area (Å²) >= 11 is 8.13. The van der Waals surface area contributed by atoms with Crippen molar-refractivity contribution in [2.45, 2.75) is 0 Å². The first kappa shape index (κ1) is 9.41. The van der Waals surface area contributed by atoms with Crippen LogP contribution in [0.2, 0.25) is 5.02 Å². The summed E-state index contributed by atoms with van der Waals surface area (Å²) in [5, 5.41) is 8.28. The van der Waals surface area contributed by atoms with E-state index < -0.39 is 17.3 Å². The van der Waals surface area contributed by atoms with Gasteiger partial charge in [-0.05, 0) is 15.9 Å². The van der Waals surface area contributed by atoms with E-state index in [1.54, 1.807) is 0 Å². The standard InChI is InChI=1S/C6H2BrClFNO2/c7-5-4(9)3(6(11)12)2(8)1-10-5/h1H,(H,11,12). The summed E-state index contributed by atoms with van der Waals surface area (Å²) in [6.07, 6.45) is 1.07. The van der Waals surface area contributed by atoms with Crippen LogP contribution < -0.4 is 0 Å². The van der Waals surface area contributed by atoms with Gasteiger partial charge in [-0.3, -0.25) is 0 Å². The quantitative estimate of drug-likeness (QED) is 0.783. The van der Waals surface area contributed by atoms with Gasteiger partial charge in [0.05, 0.1) is 5.02 Å². The van der Waals surface area contributed by atoms with Crippen molar-refractivity contribution in [1.82, 2.24) is 4.98 Å². The molecule has 0 saturated carbocycles. The van der Waals surface area contributed by atoms with Gasteiger partial charge in [0.2, 0.25) is 0 Å². The molecule has 1 N–H and O–H groups in total. The van der Waals surface area contributed by atoms with E-state index in [0.717, 1.165) is 6.20 Å². The predicted molar refractivity (Wildman–Crippen MR) is 43.9 cm³/mol. The predicted octanol–water partition coefficient (Wildman–Crippen LogP) is 2.33. The summed E-state index contributed by atoms with van der Waals surface area (Å²) in [5.41, 5.74) is -0.571. The van der Waals surface area contributed by atoms with Crippen molar-refractivity contribution in [1.29, 1.82) is 0 Å². The van der Waals surface area contributed by atoms with Crippen LogP contribution in [0, 0.1) is 5.82 Å². The van der Waals surface area contributed by atoms with Crippen LogP contribution in [-0.4, -0.2) is 16.1 Å². The zero-order valence-electron chi connectivity index (χ0n) is 5.51. The molecule has 1 aromatic rings. The van der Waals surface area contributed by atoms with Gasteiger partial charge in [0, 0.05) is 6.20 Å². The van der Waals surface area contributed by atoms with Gasteiger partial charge in [0.25, 0.3) is 0 Å². The van der Waals surface area contributed by atoms with Crippen LogP contribution in [0.25, 0.3) is 0 Å². The van der Waals surface area contributed by atoms with Gasteiger partial charge in [-0.1, -0.05) is 11.6 Å². The van der Waals surface area contributed by atoms with Crippen molar-refractivity contribution in [3.05, 3.63) is 27.2 Å². The lowest BCUT2D eigenvalue weighted by atomic mass is 10.2. The minimum Gasteiger partial charge on any atom is -0.478 e. The molecule has 0 aliphatic rings. The molecule has 1 aromatic heterocycles. The number of aromatic carboxylic acids is 1. The lowest BCUT2D eigenvalue weighted by Gasteiger charge is -2.00. The highest BCUT2D eigenvalue weighted by Gasteiger charge is 2.18. The molecule has 0 atom stereocenters. The first-order valence-corrected chi connectivity index (χ1v) is 3.94. The highest BCUT2D eigenvalue weighted by molar-refractivity contribution is 9.10. The third kappa shape index (κ3) is 1.56. The molecule has 1 rings (SSSR count). The highest BCUT2D eigenvalue weighted by Crippen LogP contribution is 2.23. The Kier molecular flexibility index (Phi) is 2.64. The van der Waals surface area contributed by atoms with Crippen molar-refractivity contribution >= 4 is 33.5 Å². The molecule has 0 spiro atoms. The second-order valence-electron chi connectivity index (χ2n) is 1.89. The Morgan fingerprint density at radius 3 is 2.75 bits per heavy atom. The summed E-state index contributed by atoms with van der Waals surface area (Å²) in [4.78, 5) is 13.9. The fourth-order valence-corrected chi connectivity index (χ4v) is 1.15. The van der Waals surface area contributed by atoms with Crippen LogP contribution in [0.3, 0.4) is 0 Å². The number of rotatable bonds is 1. The lowest BCUT2D eigenvalue weighted by molar-refractivity contribution is 0.0691. The Hall–Kier alpha value is -0.680. The van der Waals surface area contributed by atoms with Gasteiger partial charge in [0.1, 0.15) is 10.2 Å². The molecule has 1 heterocycles. The number of carboxylic acids is 1. The third-order valence-electron chi connectivity index (χ3n) is 1.14. The number of pyridine rings is 1.